The molecular weight excluding hydrogens is 372 g/mol. The van der Waals surface area contributed by atoms with Gasteiger partial charge < -0.3 is 9.47 Å². The summed E-state index contributed by atoms with van der Waals surface area (Å²) in [7, 11) is 0. The maximum Gasteiger partial charge on any atom is 0.257 e. The number of nitrogens with one attached hydrogen (secondary N) is 1. The van der Waals surface area contributed by atoms with E-state index in [-0.39, 0.29) is 18.1 Å². The molecule has 0 saturated heterocycles. The van der Waals surface area contributed by atoms with Crippen LogP contribution in [0.5, 0.6) is 11.5 Å². The van der Waals surface area contributed by atoms with E-state index in [1.807, 2.05) is 49.4 Å². The summed E-state index contributed by atoms with van der Waals surface area (Å²) in [5.41, 5.74) is 3.64. The Hall–Kier alpha value is -2.86. The van der Waals surface area contributed by atoms with Gasteiger partial charge >= 0.3 is 0 Å². The van der Waals surface area contributed by atoms with E-state index in [4.69, 9.17) is 9.47 Å². The van der Waals surface area contributed by atoms with Crippen LogP contribution in [0.4, 0.5) is 5.13 Å². The van der Waals surface area contributed by atoms with Gasteiger partial charge in [0.1, 0.15) is 0 Å². The topological polar surface area (TPSA) is 60.5 Å². The number of carbonyl (C=O) groups excluding carboxylic acids is 1. The monoisotopic (exact) mass is 394 g/mol. The van der Waals surface area contributed by atoms with E-state index in [1.54, 1.807) is 0 Å². The number of amides is 1. The van der Waals surface area contributed by atoms with Crippen LogP contribution in [-0.2, 0) is 5.41 Å². The second-order valence-electron chi connectivity index (χ2n) is 7.77. The van der Waals surface area contributed by atoms with Gasteiger partial charge in [0.05, 0.1) is 5.69 Å². The van der Waals surface area contributed by atoms with E-state index in [0.29, 0.717) is 10.7 Å². The van der Waals surface area contributed by atoms with Crippen LogP contribution < -0.4 is 14.8 Å². The Morgan fingerprint density at radius 1 is 1.07 bits per heavy atom. The van der Waals surface area contributed by atoms with E-state index in [2.05, 4.69) is 31.1 Å². The molecule has 1 aliphatic rings. The second-order valence-corrected chi connectivity index (χ2v) is 8.98. The van der Waals surface area contributed by atoms with Gasteiger partial charge in [-0.15, -0.1) is 11.3 Å². The van der Waals surface area contributed by atoms with Crippen molar-refractivity contribution in [1.82, 2.24) is 4.98 Å². The molecule has 1 amide bonds. The van der Waals surface area contributed by atoms with Crippen LogP contribution in [-0.4, -0.2) is 17.7 Å². The first-order chi connectivity index (χ1) is 13.3. The molecule has 2 heterocycles. The predicted octanol–water partition coefficient (Wildman–Crippen LogP) is 5.40. The highest BCUT2D eigenvalue weighted by atomic mass is 32.1. The van der Waals surface area contributed by atoms with Crippen LogP contribution in [0.1, 0.15) is 41.6 Å². The van der Waals surface area contributed by atoms with Crippen molar-refractivity contribution in [1.29, 1.82) is 0 Å². The van der Waals surface area contributed by atoms with Crippen LogP contribution in [0.25, 0.3) is 11.3 Å². The molecule has 2 aromatic carbocycles. The fourth-order valence-electron chi connectivity index (χ4n) is 3.05. The lowest BCUT2D eigenvalue weighted by Crippen LogP contribution is -2.14. The number of nitrogens with zero attached hydrogens (tertiary/aromatic N) is 1. The number of carbonyl (C=O) groups is 1. The molecule has 6 heteroatoms. The highest BCUT2D eigenvalue weighted by Gasteiger charge is 2.18. The number of hydrogen-bond acceptors (Lipinski definition) is 5. The van der Waals surface area contributed by atoms with E-state index in [1.165, 1.54) is 16.9 Å². The molecule has 1 aliphatic heterocycles. The van der Waals surface area contributed by atoms with Gasteiger partial charge in [-0.1, -0.05) is 32.9 Å². The van der Waals surface area contributed by atoms with Crippen molar-refractivity contribution in [3.63, 3.8) is 0 Å². The maximum atomic E-state index is 12.6. The van der Waals surface area contributed by atoms with Gasteiger partial charge in [-0.3, -0.25) is 10.1 Å². The Labute approximate surface area is 168 Å². The maximum absolute atomic E-state index is 12.6. The Balaban J connectivity index is 1.53. The Kier molecular flexibility index (Phi) is 4.59. The van der Waals surface area contributed by atoms with E-state index < -0.39 is 0 Å². The minimum atomic E-state index is -0.161. The molecule has 0 radical (unpaired) electrons. The summed E-state index contributed by atoms with van der Waals surface area (Å²) in [6.07, 6.45) is 0. The van der Waals surface area contributed by atoms with Crippen molar-refractivity contribution in [2.75, 3.05) is 12.1 Å². The summed E-state index contributed by atoms with van der Waals surface area (Å²) in [6.45, 7) is 8.68. The van der Waals surface area contributed by atoms with E-state index >= 15 is 0 Å². The highest BCUT2D eigenvalue weighted by molar-refractivity contribution is 7.16. The number of fused-ring (bicyclic) bond motifs is 1. The average Bonchev–Trinajstić information content (AvgIpc) is 3.26. The van der Waals surface area contributed by atoms with Gasteiger partial charge in [-0.05, 0) is 48.2 Å². The van der Waals surface area contributed by atoms with Crippen LogP contribution in [0.3, 0.4) is 0 Å². The number of thiazole rings is 1. The van der Waals surface area contributed by atoms with E-state index in [9.17, 15) is 4.79 Å². The summed E-state index contributed by atoms with van der Waals surface area (Å²) in [5, 5.41) is 3.49. The fourth-order valence-corrected chi connectivity index (χ4v) is 3.88. The molecule has 0 spiro atoms. The molecular formula is C22H22N2O3S. The zero-order valence-electron chi connectivity index (χ0n) is 16.3. The minimum Gasteiger partial charge on any atom is -0.454 e. The quantitative estimate of drug-likeness (QED) is 0.646. The van der Waals surface area contributed by atoms with Crippen molar-refractivity contribution >= 4 is 22.4 Å². The number of anilines is 1. The van der Waals surface area contributed by atoms with Crippen molar-refractivity contribution in [3.05, 3.63) is 58.5 Å². The summed E-state index contributed by atoms with van der Waals surface area (Å²) in [5.74, 6) is 1.30. The zero-order valence-corrected chi connectivity index (χ0v) is 17.1. The second kappa shape index (κ2) is 6.95. The van der Waals surface area contributed by atoms with Crippen molar-refractivity contribution in [2.45, 2.75) is 33.1 Å². The smallest absolute Gasteiger partial charge is 0.257 e. The van der Waals surface area contributed by atoms with E-state index in [0.717, 1.165) is 27.6 Å². The Morgan fingerprint density at radius 3 is 2.50 bits per heavy atom. The average molecular weight is 394 g/mol. The molecule has 0 bridgehead atoms. The predicted molar refractivity (Wildman–Crippen MR) is 112 cm³/mol. The number of aryl methyl sites for hydroxylation is 1. The largest absolute Gasteiger partial charge is 0.454 e. The van der Waals surface area contributed by atoms with Crippen molar-refractivity contribution in [2.24, 2.45) is 0 Å². The van der Waals surface area contributed by atoms with Crippen molar-refractivity contribution < 1.29 is 14.3 Å². The Morgan fingerprint density at radius 2 is 1.79 bits per heavy atom. The van der Waals surface area contributed by atoms with Gasteiger partial charge in [0.2, 0.25) is 6.79 Å². The lowest BCUT2D eigenvalue weighted by molar-refractivity contribution is 0.102. The molecule has 0 fully saturated rings. The highest BCUT2D eigenvalue weighted by Crippen LogP contribution is 2.38. The zero-order chi connectivity index (χ0) is 19.9. The third kappa shape index (κ3) is 3.60. The third-order valence-corrected chi connectivity index (χ3v) is 5.56. The number of ether oxygens (including phenoxy) is 2. The van der Waals surface area contributed by atoms with Gasteiger partial charge in [0.15, 0.2) is 16.6 Å². The lowest BCUT2D eigenvalue weighted by atomic mass is 9.87. The third-order valence-electron chi connectivity index (χ3n) is 4.68. The summed E-state index contributed by atoms with van der Waals surface area (Å²) < 4.78 is 10.8. The molecule has 1 N–H and O–H groups in total. The summed E-state index contributed by atoms with van der Waals surface area (Å²) in [6, 6.07) is 13.5. The molecule has 5 nitrogen and oxygen atoms in total. The molecule has 0 atom stereocenters. The first-order valence-corrected chi connectivity index (χ1v) is 9.92. The van der Waals surface area contributed by atoms with Gasteiger partial charge in [-0.2, -0.15) is 0 Å². The minimum absolute atomic E-state index is 0.0565. The standard InChI is InChI=1S/C22H22N2O3S/c1-13-19(15-7-10-17-18(11-15)27-12-26-17)23-21(28-13)24-20(25)14-5-8-16(9-6-14)22(2,3)4/h5-11H,12H2,1-4H3,(H,23,24,25). The van der Waals surface area contributed by atoms with Crippen LogP contribution >= 0.6 is 11.3 Å². The molecule has 0 aliphatic carbocycles. The molecule has 0 saturated carbocycles. The number of rotatable bonds is 3. The number of aromatic nitrogens is 1. The summed E-state index contributed by atoms with van der Waals surface area (Å²) >= 11 is 1.46. The van der Waals surface area contributed by atoms with Gasteiger partial charge in [-0.25, -0.2) is 4.98 Å². The van der Waals surface area contributed by atoms with Gasteiger partial charge in [0.25, 0.3) is 5.91 Å². The summed E-state index contributed by atoms with van der Waals surface area (Å²) in [4.78, 5) is 18.2. The van der Waals surface area contributed by atoms with Crippen molar-refractivity contribution in [3.8, 4) is 22.8 Å². The molecule has 28 heavy (non-hydrogen) atoms. The molecule has 0 unspecified atom stereocenters. The molecule has 1 aromatic heterocycles. The normalized spacial score (nSPS) is 12.9. The van der Waals surface area contributed by atoms with Crippen LogP contribution in [0, 0.1) is 6.92 Å². The first-order valence-electron chi connectivity index (χ1n) is 9.10. The first kappa shape index (κ1) is 18.5. The lowest BCUT2D eigenvalue weighted by Gasteiger charge is -2.18. The number of hydrogen-bond donors (Lipinski definition) is 1. The molecule has 3 aromatic rings. The van der Waals surface area contributed by atoms with Crippen LogP contribution in [0.2, 0.25) is 0 Å². The molecule has 4 rings (SSSR count). The van der Waals surface area contributed by atoms with Gasteiger partial charge in [0, 0.05) is 16.0 Å². The Bertz CT molecular complexity index is 1030. The number of benzene rings is 2. The van der Waals surface area contributed by atoms with Crippen LogP contribution in [0.15, 0.2) is 42.5 Å². The fraction of sp³-hybridized carbons (Fsp3) is 0.273. The molecule has 144 valence electrons. The SMILES string of the molecule is Cc1sc(NC(=O)c2ccc(C(C)(C)C)cc2)nc1-c1ccc2c(c1)OCO2.